The molecule has 0 saturated heterocycles. The van der Waals surface area contributed by atoms with Crippen LogP contribution in [0.3, 0.4) is 0 Å². The van der Waals surface area contributed by atoms with Crippen LogP contribution < -0.4 is 16.3 Å². The predicted octanol–water partition coefficient (Wildman–Crippen LogP) is -2.58. The molecule has 6 N–H and O–H groups in total. The summed E-state index contributed by atoms with van der Waals surface area (Å²) in [5, 5.41) is 26.5. The van der Waals surface area contributed by atoms with Crippen molar-refractivity contribution in [2.24, 2.45) is 11.1 Å². The number of rotatable bonds is 4. The van der Waals surface area contributed by atoms with Crippen molar-refractivity contribution in [2.75, 3.05) is 0 Å². The van der Waals surface area contributed by atoms with Crippen molar-refractivity contribution in [2.45, 2.75) is 38.8 Å². The Hall–Kier alpha value is -0.720. The third kappa shape index (κ3) is 3.61. The number of nitrogens with one attached hydrogen (secondary N) is 2. The Morgan fingerprint density at radius 2 is 2.00 bits per heavy atom. The summed E-state index contributed by atoms with van der Waals surface area (Å²) in [6, 6.07) is 0. The molecule has 0 aromatic heterocycles. The smallest absolute Gasteiger partial charge is 0.231 e. The van der Waals surface area contributed by atoms with Gasteiger partial charge in [0.05, 0.1) is 10.8 Å². The second kappa shape index (κ2) is 4.34. The molecule has 12 heavy (non-hydrogen) atoms. The highest BCUT2D eigenvalue weighted by Gasteiger charge is 2.30. The quantitative estimate of drug-likeness (QED) is 0.141. The lowest BCUT2D eigenvalue weighted by atomic mass is 10.0. The van der Waals surface area contributed by atoms with Gasteiger partial charge in [0.15, 0.2) is 0 Å². The monoisotopic (exact) mass is 177 g/mol. The minimum Gasteiger partial charge on any atom is -0.379 e. The van der Waals surface area contributed by atoms with E-state index in [0.717, 1.165) is 0 Å². The summed E-state index contributed by atoms with van der Waals surface area (Å²) in [7, 11) is 0. The largest absolute Gasteiger partial charge is 0.379 e. The Morgan fingerprint density at radius 3 is 2.33 bits per heavy atom. The second-order valence-electron chi connectivity index (χ2n) is 3.20. The highest BCUT2D eigenvalue weighted by molar-refractivity contribution is 4.78. The second-order valence-corrected chi connectivity index (χ2v) is 3.20. The van der Waals surface area contributed by atoms with Crippen LogP contribution in [0.15, 0.2) is 5.22 Å². The number of nitrogens with two attached hydrogens (primary N) is 1. The standard InChI is InChI=1S/C6H16N4O2/c1-4(11)8-6(2,3)5(12)9-10-7/h4-5,8,11-12H,1-3H3,(H2,7,9)/p+1. The van der Waals surface area contributed by atoms with Crippen LogP contribution in [0.25, 0.3) is 0 Å². The van der Waals surface area contributed by atoms with Crippen LogP contribution in [0.5, 0.6) is 0 Å². The Morgan fingerprint density at radius 1 is 1.50 bits per heavy atom. The molecule has 72 valence electrons. The van der Waals surface area contributed by atoms with Crippen molar-refractivity contribution in [3.8, 4) is 0 Å². The molecule has 0 amide bonds. The molecule has 6 nitrogen and oxygen atoms in total. The first-order valence-electron chi connectivity index (χ1n) is 3.69. The summed E-state index contributed by atoms with van der Waals surface area (Å²) in [4.78, 5) is 0. The fraction of sp³-hybridized carbons (Fsp3) is 1.00. The number of hydrogen-bond acceptors (Lipinski definition) is 4. The predicted molar refractivity (Wildman–Crippen MR) is 42.5 cm³/mol. The average molecular weight is 177 g/mol. The number of aliphatic hydroxyl groups excluding tert-OH is 2. The summed E-state index contributed by atoms with van der Waals surface area (Å²) in [5.74, 6) is 4.82. The molecule has 0 radical (unpaired) electrons. The van der Waals surface area contributed by atoms with E-state index < -0.39 is 18.0 Å². The molecule has 0 aliphatic rings. The Bertz CT molecular complexity index is 158. The number of nitrogens with zero attached hydrogens (tertiary/aromatic N) is 1. The van der Waals surface area contributed by atoms with Crippen LogP contribution in [0.2, 0.25) is 0 Å². The van der Waals surface area contributed by atoms with Crippen molar-refractivity contribution in [3.63, 3.8) is 0 Å². The van der Waals surface area contributed by atoms with Crippen molar-refractivity contribution in [3.05, 3.63) is 0 Å². The van der Waals surface area contributed by atoms with Gasteiger partial charge in [-0.2, -0.15) is 11.0 Å². The minimum absolute atomic E-state index is 0.697. The third-order valence-corrected chi connectivity index (χ3v) is 1.46. The lowest BCUT2D eigenvalue weighted by Crippen LogP contribution is -2.83. The molecule has 2 unspecified atom stereocenters. The van der Waals surface area contributed by atoms with Gasteiger partial charge in [-0.25, -0.2) is 0 Å². The maximum Gasteiger partial charge on any atom is 0.231 e. The number of hydrogen-bond donors (Lipinski definition) is 5. The first-order chi connectivity index (χ1) is 5.40. The van der Waals surface area contributed by atoms with Gasteiger partial charge in [0.2, 0.25) is 6.23 Å². The first kappa shape index (κ1) is 11.3. The molecule has 0 heterocycles. The summed E-state index contributed by atoms with van der Waals surface area (Å²) in [5.41, 5.74) is -0.697. The Kier molecular flexibility index (Phi) is 4.08. The summed E-state index contributed by atoms with van der Waals surface area (Å²) in [6.07, 6.45) is -1.65. The van der Waals surface area contributed by atoms with E-state index in [4.69, 9.17) is 10.9 Å². The molecule has 6 heteroatoms. The molecule has 0 aromatic rings. The van der Waals surface area contributed by atoms with Crippen molar-refractivity contribution in [1.29, 1.82) is 0 Å². The lowest BCUT2D eigenvalue weighted by Gasteiger charge is -2.28. The molecule has 0 aromatic carbocycles. The van der Waals surface area contributed by atoms with E-state index in [1.165, 1.54) is 0 Å². The SMILES string of the molecule is CC(O)NC(C)(C)C(O)[NH+]=NN. The van der Waals surface area contributed by atoms with Gasteiger partial charge in [-0.1, -0.05) is 0 Å². The molecule has 0 saturated carbocycles. The zero-order valence-electron chi connectivity index (χ0n) is 7.57. The van der Waals surface area contributed by atoms with Gasteiger partial charge in [0.1, 0.15) is 6.23 Å². The van der Waals surface area contributed by atoms with Gasteiger partial charge in [0.25, 0.3) is 0 Å². The minimum atomic E-state index is -0.947. The van der Waals surface area contributed by atoms with Crippen LogP contribution in [-0.4, -0.2) is 28.2 Å². The molecule has 0 bridgehead atoms. The molecule has 2 atom stereocenters. The van der Waals surface area contributed by atoms with Crippen molar-refractivity contribution < 1.29 is 15.3 Å². The van der Waals surface area contributed by atoms with E-state index in [1.807, 2.05) is 0 Å². The van der Waals surface area contributed by atoms with Gasteiger partial charge in [0, 0.05) is 0 Å². The van der Waals surface area contributed by atoms with E-state index in [1.54, 1.807) is 20.8 Å². The number of aliphatic hydroxyl groups is 2. The van der Waals surface area contributed by atoms with E-state index >= 15 is 0 Å². The zero-order chi connectivity index (χ0) is 9.78. The highest BCUT2D eigenvalue weighted by atomic mass is 16.3. The maximum atomic E-state index is 9.37. The summed E-state index contributed by atoms with van der Waals surface area (Å²) >= 11 is 0. The molecule has 0 rings (SSSR count). The van der Waals surface area contributed by atoms with Crippen molar-refractivity contribution in [1.82, 2.24) is 5.32 Å². The molecular weight excluding hydrogens is 160 g/mol. The van der Waals surface area contributed by atoms with Crippen LogP contribution >= 0.6 is 0 Å². The van der Waals surface area contributed by atoms with Gasteiger partial charge in [-0.3, -0.25) is 5.32 Å². The van der Waals surface area contributed by atoms with Gasteiger partial charge >= 0.3 is 0 Å². The molecule has 0 spiro atoms. The van der Waals surface area contributed by atoms with Crippen LogP contribution in [0.4, 0.5) is 0 Å². The molecule has 0 fully saturated rings. The third-order valence-electron chi connectivity index (χ3n) is 1.46. The molecule has 0 aliphatic heterocycles. The van der Waals surface area contributed by atoms with Crippen LogP contribution in [-0.2, 0) is 0 Å². The van der Waals surface area contributed by atoms with E-state index in [-0.39, 0.29) is 0 Å². The van der Waals surface area contributed by atoms with Gasteiger partial charge in [-0.05, 0) is 20.8 Å². The lowest BCUT2D eigenvalue weighted by molar-refractivity contribution is -0.630. The first-order valence-corrected chi connectivity index (χ1v) is 3.69. The Labute approximate surface area is 71.5 Å². The van der Waals surface area contributed by atoms with E-state index in [9.17, 15) is 5.11 Å². The molecular formula is C6H17N4O2+. The average Bonchev–Trinajstić information content (AvgIpc) is 1.85. The fourth-order valence-electron chi connectivity index (χ4n) is 0.849. The molecule has 0 aliphatic carbocycles. The van der Waals surface area contributed by atoms with Gasteiger partial charge in [-0.15, -0.1) is 0 Å². The van der Waals surface area contributed by atoms with Crippen LogP contribution in [0.1, 0.15) is 20.8 Å². The van der Waals surface area contributed by atoms with Gasteiger partial charge < -0.3 is 10.2 Å². The highest BCUT2D eigenvalue weighted by Crippen LogP contribution is 2.03. The Balaban J connectivity index is 4.17. The topological polar surface area (TPSA) is 105 Å². The summed E-state index contributed by atoms with van der Waals surface area (Å²) < 4.78 is 0. The normalized spacial score (nSPS) is 18.1. The van der Waals surface area contributed by atoms with Crippen LogP contribution in [0, 0.1) is 0 Å². The van der Waals surface area contributed by atoms with Crippen molar-refractivity contribution >= 4 is 0 Å². The van der Waals surface area contributed by atoms with E-state index in [0.29, 0.717) is 0 Å². The maximum absolute atomic E-state index is 9.37. The summed E-state index contributed by atoms with van der Waals surface area (Å²) in [6.45, 7) is 4.99. The van der Waals surface area contributed by atoms with E-state index in [2.05, 4.69) is 15.7 Å². The zero-order valence-corrected chi connectivity index (χ0v) is 7.57. The fourth-order valence-corrected chi connectivity index (χ4v) is 0.849.